The van der Waals surface area contributed by atoms with Crippen LogP contribution in [0.3, 0.4) is 0 Å². The third-order valence-electron chi connectivity index (χ3n) is 3.46. The van der Waals surface area contributed by atoms with E-state index in [2.05, 4.69) is 28.5 Å². The van der Waals surface area contributed by atoms with Crippen molar-refractivity contribution in [2.45, 2.75) is 6.42 Å². The highest BCUT2D eigenvalue weighted by Gasteiger charge is 2.10. The molecule has 1 aromatic rings. The Hall–Kier alpha value is -1.69. The van der Waals surface area contributed by atoms with E-state index in [4.69, 9.17) is 17.3 Å². The lowest BCUT2D eigenvalue weighted by Crippen LogP contribution is -2.31. The molecule has 0 amide bonds. The number of likely N-dealkylation sites (N-methyl/N-ethyl adjacent to an activating group) is 1. The predicted molar refractivity (Wildman–Crippen MR) is 97.6 cm³/mol. The van der Waals surface area contributed by atoms with Crippen LogP contribution in [0.15, 0.2) is 23.8 Å². The number of nitrogens with one attached hydrogen (secondary N) is 1. The van der Waals surface area contributed by atoms with Gasteiger partial charge >= 0.3 is 0 Å². The third-order valence-corrected chi connectivity index (χ3v) is 3.82. The first-order valence-electron chi connectivity index (χ1n) is 7.41. The van der Waals surface area contributed by atoms with Gasteiger partial charge in [0.15, 0.2) is 0 Å². The Morgan fingerprint density at radius 2 is 2.22 bits per heavy atom. The minimum Gasteiger partial charge on any atom is -0.390 e. The minimum atomic E-state index is -0.409. The molecule has 126 valence electrons. The van der Waals surface area contributed by atoms with Crippen LogP contribution < -0.4 is 21.5 Å². The van der Waals surface area contributed by atoms with Gasteiger partial charge in [-0.1, -0.05) is 24.3 Å². The van der Waals surface area contributed by atoms with Crippen LogP contribution in [0.1, 0.15) is 5.56 Å². The van der Waals surface area contributed by atoms with Gasteiger partial charge in [0.2, 0.25) is 0 Å². The minimum absolute atomic E-state index is 0.0607. The summed E-state index contributed by atoms with van der Waals surface area (Å²) in [5.41, 5.74) is 6.15. The van der Waals surface area contributed by atoms with Crippen molar-refractivity contribution in [2.75, 3.05) is 33.2 Å². The Balaban J connectivity index is 3.00. The number of halogens is 2. The summed E-state index contributed by atoms with van der Waals surface area (Å²) in [7, 11) is 1.99. The van der Waals surface area contributed by atoms with Crippen LogP contribution in [0.4, 0.5) is 4.39 Å². The van der Waals surface area contributed by atoms with Crippen LogP contribution in [-0.2, 0) is 6.42 Å². The van der Waals surface area contributed by atoms with Crippen molar-refractivity contribution < 1.29 is 4.39 Å². The zero-order valence-corrected chi connectivity index (χ0v) is 14.2. The molecule has 0 aliphatic rings. The summed E-state index contributed by atoms with van der Waals surface area (Å²) in [6, 6.07) is 1.78. The van der Waals surface area contributed by atoms with Crippen LogP contribution >= 0.6 is 11.6 Å². The Labute approximate surface area is 141 Å². The van der Waals surface area contributed by atoms with Gasteiger partial charge in [0.05, 0.1) is 5.02 Å². The summed E-state index contributed by atoms with van der Waals surface area (Å²) in [5.74, 6) is -0.409. The maximum Gasteiger partial charge on any atom is 0.145 e. The lowest BCUT2D eigenvalue weighted by atomic mass is 10.1. The van der Waals surface area contributed by atoms with E-state index in [-0.39, 0.29) is 5.02 Å². The Bertz CT molecular complexity index is 658. The molecule has 0 unspecified atom stereocenters. The zero-order valence-electron chi connectivity index (χ0n) is 13.5. The second-order valence-electron chi connectivity index (χ2n) is 5.13. The van der Waals surface area contributed by atoms with Crippen molar-refractivity contribution in [2.24, 2.45) is 10.7 Å². The number of hydrogen-bond donors (Lipinski definition) is 2. The fourth-order valence-electron chi connectivity index (χ4n) is 2.20. The number of aliphatic imine (C=N–C) groups is 1. The first-order chi connectivity index (χ1) is 11.0. The highest BCUT2D eigenvalue weighted by molar-refractivity contribution is 6.30. The SMILES string of the molecule is C=CNCCN(C)CCc1cc(=C/CN)/c(=C\N=C)c(Cl)c1F. The monoisotopic (exact) mass is 338 g/mol. The van der Waals surface area contributed by atoms with Crippen LogP contribution in [-0.4, -0.2) is 44.8 Å². The normalized spacial score (nSPS) is 12.7. The lowest BCUT2D eigenvalue weighted by molar-refractivity contribution is 0.339. The van der Waals surface area contributed by atoms with E-state index in [0.717, 1.165) is 24.9 Å². The first kappa shape index (κ1) is 19.4. The van der Waals surface area contributed by atoms with Gasteiger partial charge in [-0.25, -0.2) is 4.39 Å². The van der Waals surface area contributed by atoms with E-state index in [0.29, 0.717) is 23.7 Å². The highest BCUT2D eigenvalue weighted by Crippen LogP contribution is 2.13. The van der Waals surface area contributed by atoms with Crippen molar-refractivity contribution >= 4 is 30.6 Å². The molecular formula is C17H24ClFN4. The van der Waals surface area contributed by atoms with Gasteiger partial charge in [-0.05, 0) is 43.2 Å². The van der Waals surface area contributed by atoms with E-state index in [1.165, 1.54) is 6.20 Å². The lowest BCUT2D eigenvalue weighted by Gasteiger charge is -2.17. The first-order valence-corrected chi connectivity index (χ1v) is 7.79. The molecule has 0 heterocycles. The second-order valence-corrected chi connectivity index (χ2v) is 5.51. The Morgan fingerprint density at radius 1 is 1.48 bits per heavy atom. The fraction of sp³-hybridized carbons (Fsp3) is 0.353. The van der Waals surface area contributed by atoms with Crippen LogP contribution in [0.5, 0.6) is 0 Å². The molecule has 3 N–H and O–H groups in total. The van der Waals surface area contributed by atoms with Crippen LogP contribution in [0, 0.1) is 5.82 Å². The Morgan fingerprint density at radius 3 is 2.83 bits per heavy atom. The second kappa shape index (κ2) is 10.2. The largest absolute Gasteiger partial charge is 0.390 e. The maximum atomic E-state index is 14.5. The molecule has 6 heteroatoms. The third kappa shape index (κ3) is 5.78. The summed E-state index contributed by atoms with van der Waals surface area (Å²) in [5, 5.41) is 4.38. The molecule has 0 spiro atoms. The molecule has 0 saturated heterocycles. The van der Waals surface area contributed by atoms with E-state index >= 15 is 0 Å². The molecule has 1 rings (SSSR count). The molecule has 0 aliphatic carbocycles. The molecular weight excluding hydrogens is 315 g/mol. The fourth-order valence-corrected chi connectivity index (χ4v) is 2.47. The smallest absolute Gasteiger partial charge is 0.145 e. The molecule has 0 aromatic heterocycles. The van der Waals surface area contributed by atoms with Gasteiger partial charge in [0.1, 0.15) is 5.82 Å². The van der Waals surface area contributed by atoms with Gasteiger partial charge in [0.25, 0.3) is 0 Å². The molecule has 1 aromatic carbocycles. The predicted octanol–water partition coefficient (Wildman–Crippen LogP) is 0.864. The molecule has 4 nitrogen and oxygen atoms in total. The number of nitrogens with zero attached hydrogens (tertiary/aromatic N) is 2. The summed E-state index contributed by atoms with van der Waals surface area (Å²) in [6.45, 7) is 9.70. The topological polar surface area (TPSA) is 53.6 Å². The summed E-state index contributed by atoms with van der Waals surface area (Å²) < 4.78 is 14.5. The van der Waals surface area contributed by atoms with E-state index in [9.17, 15) is 4.39 Å². The van der Waals surface area contributed by atoms with E-state index in [1.54, 1.807) is 18.3 Å². The summed E-state index contributed by atoms with van der Waals surface area (Å²) in [4.78, 5) is 5.80. The number of hydrogen-bond acceptors (Lipinski definition) is 4. The summed E-state index contributed by atoms with van der Waals surface area (Å²) >= 11 is 6.15. The maximum absolute atomic E-state index is 14.5. The van der Waals surface area contributed by atoms with Crippen molar-refractivity contribution in [3.05, 3.63) is 45.7 Å². The van der Waals surface area contributed by atoms with E-state index < -0.39 is 5.82 Å². The molecule has 0 atom stereocenters. The molecule has 0 fully saturated rings. The van der Waals surface area contributed by atoms with Gasteiger partial charge in [-0.3, -0.25) is 4.99 Å². The van der Waals surface area contributed by atoms with Crippen molar-refractivity contribution in [1.29, 1.82) is 0 Å². The van der Waals surface area contributed by atoms with Gasteiger partial charge in [0, 0.05) is 37.6 Å². The van der Waals surface area contributed by atoms with E-state index in [1.807, 2.05) is 7.05 Å². The quantitative estimate of drug-likeness (QED) is 0.519. The van der Waals surface area contributed by atoms with Gasteiger partial charge < -0.3 is 16.0 Å². The molecule has 0 radical (unpaired) electrons. The number of rotatable bonds is 9. The van der Waals surface area contributed by atoms with Crippen LogP contribution in [0.2, 0.25) is 5.02 Å². The van der Waals surface area contributed by atoms with Crippen molar-refractivity contribution in [1.82, 2.24) is 10.2 Å². The molecule has 0 saturated carbocycles. The van der Waals surface area contributed by atoms with Crippen molar-refractivity contribution in [3.63, 3.8) is 0 Å². The van der Waals surface area contributed by atoms with Crippen LogP contribution in [0.25, 0.3) is 12.3 Å². The van der Waals surface area contributed by atoms with Gasteiger partial charge in [-0.15, -0.1) is 0 Å². The average molecular weight is 339 g/mol. The standard InChI is InChI=1S/C17H24ClFN4/c1-4-22-8-10-23(3)9-6-14-11-13(5-7-20)15(12-21-2)16(18)17(14)19/h4-5,11-12,22H,1-2,6-10,20H2,3H3/b13-5-,15-12+. The Kier molecular flexibility index (Phi) is 8.55. The molecule has 0 aliphatic heterocycles. The van der Waals surface area contributed by atoms with Gasteiger partial charge in [-0.2, -0.15) is 0 Å². The highest BCUT2D eigenvalue weighted by atomic mass is 35.5. The zero-order chi connectivity index (χ0) is 17.2. The van der Waals surface area contributed by atoms with Crippen molar-refractivity contribution in [3.8, 4) is 0 Å². The molecule has 23 heavy (non-hydrogen) atoms. The molecule has 0 bridgehead atoms. The summed E-state index contributed by atoms with van der Waals surface area (Å²) in [6.07, 6.45) is 5.46. The number of nitrogens with two attached hydrogens (primary N) is 1. The average Bonchev–Trinajstić information content (AvgIpc) is 2.53. The number of benzene rings is 1.